The normalized spacial score (nSPS) is 12.0. The highest BCUT2D eigenvalue weighted by Gasteiger charge is 2.13. The largest absolute Gasteiger partial charge is 0.508 e. The Bertz CT molecular complexity index is 456. The van der Waals surface area contributed by atoms with Crippen molar-refractivity contribution in [1.29, 1.82) is 0 Å². The van der Waals surface area contributed by atoms with E-state index in [1.807, 2.05) is 14.1 Å². The highest BCUT2D eigenvalue weighted by molar-refractivity contribution is 5.69. The van der Waals surface area contributed by atoms with Crippen molar-refractivity contribution < 1.29 is 23.8 Å². The maximum absolute atomic E-state index is 11.7. The molecule has 33 heavy (non-hydrogen) atoms. The van der Waals surface area contributed by atoms with Crippen LogP contribution in [0.1, 0.15) is 116 Å². The Labute approximate surface area is 204 Å². The van der Waals surface area contributed by atoms with Crippen LogP contribution >= 0.6 is 0 Å². The monoisotopic (exact) mass is 470 g/mol. The fourth-order valence-electron chi connectivity index (χ4n) is 3.63. The van der Waals surface area contributed by atoms with Gasteiger partial charge in [0.15, 0.2) is 0 Å². The van der Waals surface area contributed by atoms with Crippen molar-refractivity contribution in [3.8, 4) is 0 Å². The molecule has 0 aromatic carbocycles. The molecule has 0 rings (SSSR count). The standard InChI is InChI=1S/C27H52NO5/c1-5-7-8-13-17-21-26(29)31-23-18-15-12-10-9-11-14-16-20-25(6-2)33-27(30)32-24-19-22-28(3)4/h25H,2,5-24H2,1,3-4H3. The molecule has 1 radical (unpaired) electrons. The van der Waals surface area contributed by atoms with Gasteiger partial charge in [-0.05, 0) is 59.5 Å². The van der Waals surface area contributed by atoms with Gasteiger partial charge in [-0.25, -0.2) is 4.79 Å². The number of carbonyl (C=O) groups is 2. The third-order valence-corrected chi connectivity index (χ3v) is 5.72. The van der Waals surface area contributed by atoms with Crippen LogP contribution in [0.3, 0.4) is 0 Å². The lowest BCUT2D eigenvalue weighted by atomic mass is 10.0. The molecule has 0 aliphatic carbocycles. The van der Waals surface area contributed by atoms with E-state index in [4.69, 9.17) is 14.2 Å². The molecular weight excluding hydrogens is 418 g/mol. The highest BCUT2D eigenvalue weighted by Crippen LogP contribution is 2.14. The van der Waals surface area contributed by atoms with Crippen LogP contribution in [-0.2, 0) is 19.0 Å². The molecular formula is C27H52NO5. The maximum atomic E-state index is 11.7. The molecule has 0 N–H and O–H groups in total. The fraction of sp³-hybridized carbons (Fsp3) is 0.889. The van der Waals surface area contributed by atoms with Crippen molar-refractivity contribution in [2.45, 2.75) is 122 Å². The minimum Gasteiger partial charge on any atom is -0.466 e. The number of unbranched alkanes of at least 4 members (excludes halogenated alkanes) is 11. The van der Waals surface area contributed by atoms with Crippen molar-refractivity contribution in [3.05, 3.63) is 6.92 Å². The second kappa shape index (κ2) is 23.8. The molecule has 1 atom stereocenters. The molecule has 0 aliphatic heterocycles. The molecule has 6 heteroatoms. The van der Waals surface area contributed by atoms with Crippen LogP contribution in [0.15, 0.2) is 0 Å². The van der Waals surface area contributed by atoms with Crippen molar-refractivity contribution in [2.24, 2.45) is 0 Å². The van der Waals surface area contributed by atoms with Crippen molar-refractivity contribution in [1.82, 2.24) is 4.90 Å². The van der Waals surface area contributed by atoms with Crippen LogP contribution in [0.2, 0.25) is 0 Å². The molecule has 0 heterocycles. The summed E-state index contributed by atoms with van der Waals surface area (Å²) in [5.41, 5.74) is 0. The molecule has 0 saturated carbocycles. The molecule has 0 amide bonds. The van der Waals surface area contributed by atoms with Crippen molar-refractivity contribution >= 4 is 12.1 Å². The molecule has 0 bridgehead atoms. The van der Waals surface area contributed by atoms with E-state index in [-0.39, 0.29) is 12.1 Å². The average Bonchev–Trinajstić information content (AvgIpc) is 2.79. The molecule has 0 aliphatic rings. The van der Waals surface area contributed by atoms with Gasteiger partial charge < -0.3 is 19.1 Å². The fourth-order valence-corrected chi connectivity index (χ4v) is 3.63. The molecule has 0 spiro atoms. The lowest BCUT2D eigenvalue weighted by Gasteiger charge is -2.16. The second-order valence-corrected chi connectivity index (χ2v) is 9.29. The number of hydrogen-bond donors (Lipinski definition) is 0. The van der Waals surface area contributed by atoms with E-state index < -0.39 is 6.16 Å². The number of esters is 1. The van der Waals surface area contributed by atoms with Gasteiger partial charge in [-0.1, -0.05) is 71.1 Å². The van der Waals surface area contributed by atoms with Crippen LogP contribution in [0.5, 0.6) is 0 Å². The summed E-state index contributed by atoms with van der Waals surface area (Å²) in [4.78, 5) is 25.5. The summed E-state index contributed by atoms with van der Waals surface area (Å²) in [5.74, 6) is -0.0337. The first-order chi connectivity index (χ1) is 16.0. The zero-order chi connectivity index (χ0) is 24.6. The maximum Gasteiger partial charge on any atom is 0.508 e. The summed E-state index contributed by atoms with van der Waals surface area (Å²) in [6.45, 7) is 7.93. The summed E-state index contributed by atoms with van der Waals surface area (Å²) in [7, 11) is 3.99. The Morgan fingerprint density at radius 3 is 1.97 bits per heavy atom. The third kappa shape index (κ3) is 23.6. The lowest BCUT2D eigenvalue weighted by molar-refractivity contribution is -0.143. The number of hydrogen-bond acceptors (Lipinski definition) is 6. The van der Waals surface area contributed by atoms with Gasteiger partial charge in [-0.3, -0.25) is 4.79 Å². The Hall–Kier alpha value is -1.30. The van der Waals surface area contributed by atoms with Gasteiger partial charge in [0, 0.05) is 13.0 Å². The van der Waals surface area contributed by atoms with E-state index >= 15 is 0 Å². The van der Waals surface area contributed by atoms with Gasteiger partial charge in [-0.2, -0.15) is 0 Å². The number of carbonyl (C=O) groups excluding carboxylic acids is 2. The second-order valence-electron chi connectivity index (χ2n) is 9.29. The van der Waals surface area contributed by atoms with Gasteiger partial charge in [0.05, 0.1) is 13.2 Å². The molecule has 1 unspecified atom stereocenters. The van der Waals surface area contributed by atoms with Crippen LogP contribution < -0.4 is 0 Å². The average molecular weight is 471 g/mol. The summed E-state index contributed by atoms with van der Waals surface area (Å²) in [6.07, 6.45) is 17.0. The van der Waals surface area contributed by atoms with Gasteiger partial charge in [0.1, 0.15) is 6.10 Å². The van der Waals surface area contributed by atoms with E-state index in [0.29, 0.717) is 26.1 Å². The predicted octanol–water partition coefficient (Wildman–Crippen LogP) is 7.10. The molecule has 0 aromatic rings. The van der Waals surface area contributed by atoms with E-state index in [2.05, 4.69) is 18.7 Å². The minimum absolute atomic E-state index is 0.0337. The highest BCUT2D eigenvalue weighted by atomic mass is 16.7. The Morgan fingerprint density at radius 2 is 1.33 bits per heavy atom. The summed E-state index contributed by atoms with van der Waals surface area (Å²) < 4.78 is 15.8. The first-order valence-electron chi connectivity index (χ1n) is 13.4. The smallest absolute Gasteiger partial charge is 0.466 e. The summed E-state index contributed by atoms with van der Waals surface area (Å²) in [6, 6.07) is 0. The van der Waals surface area contributed by atoms with E-state index in [9.17, 15) is 9.59 Å². The first-order valence-corrected chi connectivity index (χ1v) is 13.4. The minimum atomic E-state index is -0.569. The van der Waals surface area contributed by atoms with Gasteiger partial charge >= 0.3 is 12.1 Å². The third-order valence-electron chi connectivity index (χ3n) is 5.72. The van der Waals surface area contributed by atoms with Crippen molar-refractivity contribution in [2.75, 3.05) is 33.9 Å². The molecule has 195 valence electrons. The number of nitrogens with zero attached hydrogens (tertiary/aromatic N) is 1. The molecule has 6 nitrogen and oxygen atoms in total. The summed E-state index contributed by atoms with van der Waals surface area (Å²) in [5, 5.41) is 0. The van der Waals surface area contributed by atoms with Gasteiger partial charge in [0.25, 0.3) is 0 Å². The lowest BCUT2D eigenvalue weighted by Crippen LogP contribution is -2.20. The SMILES string of the molecule is [CH2]CC(CCCCCCCCCCOC(=O)CCCCCCC)OC(=O)OCCCN(C)C. The van der Waals surface area contributed by atoms with Crippen LogP contribution in [0, 0.1) is 6.92 Å². The Kier molecular flexibility index (Phi) is 22.9. The quantitative estimate of drug-likeness (QED) is 0.117. The zero-order valence-electron chi connectivity index (χ0n) is 21.9. The van der Waals surface area contributed by atoms with Crippen LogP contribution in [-0.4, -0.2) is 57.0 Å². The number of ether oxygens (including phenoxy) is 3. The Balaban J connectivity index is 3.46. The zero-order valence-corrected chi connectivity index (χ0v) is 21.9. The van der Waals surface area contributed by atoms with Crippen molar-refractivity contribution in [3.63, 3.8) is 0 Å². The van der Waals surface area contributed by atoms with Gasteiger partial charge in [0.2, 0.25) is 0 Å². The molecule has 0 aromatic heterocycles. The van der Waals surface area contributed by atoms with E-state index in [0.717, 1.165) is 57.9 Å². The topological polar surface area (TPSA) is 65.1 Å². The van der Waals surface area contributed by atoms with Gasteiger partial charge in [-0.15, -0.1) is 0 Å². The molecule has 0 fully saturated rings. The first kappa shape index (κ1) is 31.7. The summed E-state index contributed by atoms with van der Waals surface area (Å²) >= 11 is 0. The van der Waals surface area contributed by atoms with E-state index in [1.165, 1.54) is 44.9 Å². The predicted molar refractivity (Wildman–Crippen MR) is 135 cm³/mol. The van der Waals surface area contributed by atoms with Crippen LogP contribution in [0.25, 0.3) is 0 Å². The molecule has 0 saturated heterocycles. The van der Waals surface area contributed by atoms with E-state index in [1.54, 1.807) is 0 Å². The Morgan fingerprint density at radius 1 is 0.758 bits per heavy atom. The van der Waals surface area contributed by atoms with Crippen LogP contribution in [0.4, 0.5) is 4.79 Å². The number of rotatable bonds is 23.